The first-order valence-corrected chi connectivity index (χ1v) is 7.06. The predicted octanol–water partition coefficient (Wildman–Crippen LogP) is 3.39. The Kier molecular flexibility index (Phi) is 3.75. The van der Waals surface area contributed by atoms with Gasteiger partial charge in [-0.1, -0.05) is 6.58 Å². The summed E-state index contributed by atoms with van der Waals surface area (Å²) in [4.78, 5) is 13.6. The van der Waals surface area contributed by atoms with Gasteiger partial charge in [-0.3, -0.25) is 14.9 Å². The topological polar surface area (TPSA) is 53.4 Å². The lowest BCUT2D eigenvalue weighted by Gasteiger charge is -2.34. The van der Waals surface area contributed by atoms with E-state index in [-0.39, 0.29) is 5.82 Å². The lowest BCUT2D eigenvalue weighted by atomic mass is 10.1. The first-order valence-electron chi connectivity index (χ1n) is 7.06. The highest BCUT2D eigenvalue weighted by molar-refractivity contribution is 6.07. The van der Waals surface area contributed by atoms with E-state index in [4.69, 9.17) is 0 Å². The predicted molar refractivity (Wildman–Crippen MR) is 85.1 cm³/mol. The summed E-state index contributed by atoms with van der Waals surface area (Å²) in [5.41, 5.74) is 0.722. The van der Waals surface area contributed by atoms with Crippen LogP contribution in [0.15, 0.2) is 47.9 Å². The van der Waals surface area contributed by atoms with E-state index in [1.165, 1.54) is 11.0 Å². The van der Waals surface area contributed by atoms with Crippen LogP contribution in [-0.2, 0) is 6.18 Å². The smallest absolute Gasteiger partial charge is 0.326 e. The molecule has 2 aromatic rings. The number of fused-ring (bicyclic) bond motifs is 1. The number of hydrogen-bond donors (Lipinski definition) is 1. The minimum absolute atomic E-state index is 0.116. The molecule has 1 aliphatic rings. The van der Waals surface area contributed by atoms with E-state index in [2.05, 4.69) is 26.9 Å². The second-order valence-electron chi connectivity index (χ2n) is 5.15. The number of anilines is 2. The number of aryl methyl sites for hydroxylation is 1. The van der Waals surface area contributed by atoms with Gasteiger partial charge >= 0.3 is 6.18 Å². The Labute approximate surface area is 136 Å². The zero-order valence-electron chi connectivity index (χ0n) is 13.0. The maximum Gasteiger partial charge on any atom is 0.433 e. The Morgan fingerprint density at radius 1 is 1.25 bits per heavy atom. The summed E-state index contributed by atoms with van der Waals surface area (Å²) < 4.78 is 39.2. The summed E-state index contributed by atoms with van der Waals surface area (Å²) in [7, 11) is 1.54. The fraction of sp³-hybridized carbons (Fsp3) is 0.188. The first kappa shape index (κ1) is 16.0. The number of aliphatic imine (C=N–C) groups is 1. The zero-order valence-corrected chi connectivity index (χ0v) is 13.0. The molecule has 124 valence electrons. The van der Waals surface area contributed by atoms with E-state index >= 15 is 0 Å². The zero-order chi connectivity index (χ0) is 17.5. The minimum Gasteiger partial charge on any atom is -0.326 e. The van der Waals surface area contributed by atoms with Crippen LogP contribution in [0.5, 0.6) is 0 Å². The van der Waals surface area contributed by atoms with Crippen LogP contribution < -0.4 is 10.2 Å². The molecule has 0 radical (unpaired) electrons. The molecule has 0 fully saturated rings. The molecule has 0 aliphatic carbocycles. The third-order valence-electron chi connectivity index (χ3n) is 3.61. The Bertz CT molecular complexity index is 842. The van der Waals surface area contributed by atoms with Gasteiger partial charge in [0.15, 0.2) is 0 Å². The van der Waals surface area contributed by atoms with E-state index in [1.54, 1.807) is 32.3 Å². The molecule has 0 bridgehead atoms. The molecule has 0 spiro atoms. The summed E-state index contributed by atoms with van der Waals surface area (Å²) in [6, 6.07) is 5.74. The largest absolute Gasteiger partial charge is 0.433 e. The van der Waals surface area contributed by atoms with E-state index in [0.717, 1.165) is 6.07 Å². The van der Waals surface area contributed by atoms with Crippen molar-refractivity contribution in [3.05, 3.63) is 59.8 Å². The summed E-state index contributed by atoms with van der Waals surface area (Å²) in [6.45, 7) is 5.65. The molecule has 0 unspecified atom stereocenters. The van der Waals surface area contributed by atoms with Crippen LogP contribution >= 0.6 is 0 Å². The second-order valence-corrected chi connectivity index (χ2v) is 5.15. The molecule has 3 heterocycles. The molecule has 0 atom stereocenters. The van der Waals surface area contributed by atoms with Crippen molar-refractivity contribution < 1.29 is 13.2 Å². The van der Waals surface area contributed by atoms with Gasteiger partial charge in [0, 0.05) is 13.2 Å². The maximum atomic E-state index is 13.1. The van der Waals surface area contributed by atoms with E-state index < -0.39 is 11.9 Å². The number of alkyl halides is 3. The molecule has 8 heteroatoms. The fourth-order valence-corrected chi connectivity index (χ4v) is 2.50. The Morgan fingerprint density at radius 2 is 2.00 bits per heavy atom. The van der Waals surface area contributed by atoms with Crippen LogP contribution in [0.4, 0.5) is 24.7 Å². The molecule has 0 aromatic carbocycles. The Morgan fingerprint density at radius 3 is 2.62 bits per heavy atom. The van der Waals surface area contributed by atoms with E-state index in [9.17, 15) is 13.2 Å². The van der Waals surface area contributed by atoms with Crippen molar-refractivity contribution in [3.63, 3.8) is 0 Å². The van der Waals surface area contributed by atoms with E-state index in [1.807, 2.05) is 0 Å². The van der Waals surface area contributed by atoms with Gasteiger partial charge in [-0.15, -0.1) is 0 Å². The van der Waals surface area contributed by atoms with Gasteiger partial charge in [0.2, 0.25) is 0 Å². The quantitative estimate of drug-likeness (QED) is 0.869. The average Bonchev–Trinajstić information content (AvgIpc) is 2.54. The number of nitrogens with zero attached hydrogens (tertiary/aromatic N) is 4. The SMILES string of the molecule is C=C1NC(=NC)c2ccc(C(F)(F)F)nc2N1c1cccnc1C. The van der Waals surface area contributed by atoms with Crippen LogP contribution in [0.2, 0.25) is 0 Å². The van der Waals surface area contributed by atoms with Gasteiger partial charge in [-0.25, -0.2) is 4.98 Å². The first-order chi connectivity index (χ1) is 11.3. The standard InChI is InChI=1S/C16H14F3N5/c1-9-12(5-4-8-21-9)24-10(2)22-14(20-3)11-6-7-13(16(17,18)19)23-15(11)24/h4-8H,2H2,1,3H3,(H,20,22). The highest BCUT2D eigenvalue weighted by atomic mass is 19.4. The van der Waals surface area contributed by atoms with Crippen molar-refractivity contribution in [3.8, 4) is 0 Å². The number of amidine groups is 1. The fourth-order valence-electron chi connectivity index (χ4n) is 2.50. The summed E-state index contributed by atoms with van der Waals surface area (Å²) in [5, 5.41) is 2.99. The molecule has 1 aliphatic heterocycles. The number of halogens is 3. The summed E-state index contributed by atoms with van der Waals surface area (Å²) >= 11 is 0. The van der Waals surface area contributed by atoms with Gasteiger partial charge in [0.25, 0.3) is 0 Å². The van der Waals surface area contributed by atoms with Crippen LogP contribution in [-0.4, -0.2) is 22.9 Å². The van der Waals surface area contributed by atoms with Crippen molar-refractivity contribution >= 4 is 17.3 Å². The molecule has 1 N–H and O–H groups in total. The molecule has 24 heavy (non-hydrogen) atoms. The molecule has 2 aromatic heterocycles. The highest BCUT2D eigenvalue weighted by Gasteiger charge is 2.36. The van der Waals surface area contributed by atoms with Crippen molar-refractivity contribution in [1.29, 1.82) is 0 Å². The number of pyridine rings is 2. The van der Waals surface area contributed by atoms with Crippen molar-refractivity contribution in [1.82, 2.24) is 15.3 Å². The normalized spacial score (nSPS) is 16.1. The summed E-state index contributed by atoms with van der Waals surface area (Å²) in [5.74, 6) is 0.880. The molecule has 0 saturated heterocycles. The number of hydrogen-bond acceptors (Lipinski definition) is 4. The molecule has 3 rings (SSSR count). The average molecular weight is 333 g/mol. The van der Waals surface area contributed by atoms with Gasteiger partial charge in [-0.05, 0) is 31.2 Å². The van der Waals surface area contributed by atoms with Gasteiger partial charge < -0.3 is 5.32 Å². The summed E-state index contributed by atoms with van der Waals surface area (Å²) in [6.07, 6.45) is -2.93. The van der Waals surface area contributed by atoms with Crippen molar-refractivity contribution in [2.75, 3.05) is 11.9 Å². The van der Waals surface area contributed by atoms with Crippen LogP contribution in [0, 0.1) is 6.92 Å². The van der Waals surface area contributed by atoms with Crippen LogP contribution in [0.3, 0.4) is 0 Å². The number of nitrogens with one attached hydrogen (secondary N) is 1. The van der Waals surface area contributed by atoms with Gasteiger partial charge in [0.05, 0.1) is 16.9 Å². The molecule has 5 nitrogen and oxygen atoms in total. The third kappa shape index (κ3) is 2.60. The van der Waals surface area contributed by atoms with Crippen LogP contribution in [0.1, 0.15) is 17.0 Å². The number of rotatable bonds is 1. The lowest BCUT2D eigenvalue weighted by molar-refractivity contribution is -0.141. The van der Waals surface area contributed by atoms with Crippen LogP contribution in [0.25, 0.3) is 0 Å². The van der Waals surface area contributed by atoms with E-state index in [0.29, 0.717) is 28.6 Å². The third-order valence-corrected chi connectivity index (χ3v) is 3.61. The molecule has 0 saturated carbocycles. The number of aromatic nitrogens is 2. The molecule has 0 amide bonds. The monoisotopic (exact) mass is 333 g/mol. The lowest BCUT2D eigenvalue weighted by Crippen LogP contribution is -2.40. The van der Waals surface area contributed by atoms with Gasteiger partial charge in [-0.2, -0.15) is 13.2 Å². The Hall–Kier alpha value is -2.90. The second kappa shape index (κ2) is 5.63. The van der Waals surface area contributed by atoms with Crippen molar-refractivity contribution in [2.45, 2.75) is 13.1 Å². The Balaban J connectivity index is 2.26. The maximum absolute atomic E-state index is 13.1. The van der Waals surface area contributed by atoms with Crippen molar-refractivity contribution in [2.24, 2.45) is 4.99 Å². The minimum atomic E-state index is -4.54. The van der Waals surface area contributed by atoms with Gasteiger partial charge in [0.1, 0.15) is 23.2 Å². The highest BCUT2D eigenvalue weighted by Crippen LogP contribution is 2.37. The molecular weight excluding hydrogens is 319 g/mol. The molecular formula is C16H14F3N5.